The summed E-state index contributed by atoms with van der Waals surface area (Å²) >= 11 is 0. The van der Waals surface area contributed by atoms with E-state index in [-0.39, 0.29) is 0 Å². The van der Waals surface area contributed by atoms with Crippen LogP contribution in [-0.2, 0) is 28.7 Å². The molecule has 1 aromatic heterocycles. The maximum Gasteiger partial charge on any atom is 0.280 e. The first-order valence-corrected chi connectivity index (χ1v) is 5.30. The van der Waals surface area contributed by atoms with Crippen molar-refractivity contribution in [2.45, 2.75) is 0 Å². The summed E-state index contributed by atoms with van der Waals surface area (Å²) in [5, 5.41) is 0. The second-order valence-electron chi connectivity index (χ2n) is 2.66. The van der Waals surface area contributed by atoms with Gasteiger partial charge in [-0.2, -0.15) is 0 Å². The van der Waals surface area contributed by atoms with E-state index < -0.39 is 10.4 Å². The number of imidazole rings is 1. The van der Waals surface area contributed by atoms with E-state index in [1.807, 2.05) is 41.7 Å². The third kappa shape index (κ3) is 5.31. The van der Waals surface area contributed by atoms with Gasteiger partial charge in [0.15, 0.2) is 0 Å². The van der Waals surface area contributed by atoms with Gasteiger partial charge < -0.3 is 4.55 Å². The second kappa shape index (κ2) is 5.64. The molecule has 86 valence electrons. The van der Waals surface area contributed by atoms with E-state index in [0.717, 1.165) is 12.9 Å². The van der Waals surface area contributed by atoms with Crippen LogP contribution in [0.1, 0.15) is 5.82 Å². The summed E-state index contributed by atoms with van der Waals surface area (Å²) in [6.07, 6.45) is 5.83. The summed E-state index contributed by atoms with van der Waals surface area (Å²) in [7, 11) is 0.390. The first kappa shape index (κ1) is 13.8. The second-order valence-corrected chi connectivity index (χ2v) is 3.81. The van der Waals surface area contributed by atoms with Gasteiger partial charge in [-0.25, -0.2) is 17.6 Å². The van der Waals surface area contributed by atoms with Crippen LogP contribution in [0, 0.1) is 0 Å². The highest BCUT2D eigenvalue weighted by molar-refractivity contribution is 7.80. The number of rotatable bonds is 2. The molecule has 0 spiro atoms. The molecule has 0 bridgehead atoms. The minimum Gasteiger partial charge on any atom is -0.726 e. The summed E-state index contributed by atoms with van der Waals surface area (Å²) in [5.74, 6) is 1.12. The Balaban J connectivity index is 0.000000288. The van der Waals surface area contributed by atoms with Gasteiger partial charge in [-0.3, -0.25) is 4.18 Å². The van der Waals surface area contributed by atoms with Gasteiger partial charge in [-0.05, 0) is 0 Å². The van der Waals surface area contributed by atoms with Crippen molar-refractivity contribution in [3.8, 4) is 0 Å². The van der Waals surface area contributed by atoms with Crippen molar-refractivity contribution in [1.29, 1.82) is 0 Å². The Hall–Kier alpha value is -1.18. The van der Waals surface area contributed by atoms with Gasteiger partial charge in [0.1, 0.15) is 12.4 Å². The number of aromatic nitrogens is 2. The molecule has 0 N–H and O–H groups in total. The lowest BCUT2D eigenvalue weighted by Crippen LogP contribution is -2.29. The molecule has 0 radical (unpaired) electrons. The lowest BCUT2D eigenvalue weighted by atomic mass is 10.6. The molecule has 0 unspecified atom stereocenters. The van der Waals surface area contributed by atoms with Crippen molar-refractivity contribution < 1.29 is 21.7 Å². The quantitative estimate of drug-likeness (QED) is 0.396. The fraction of sp³-hybridized carbons (Fsp3) is 0.375. The SMILES string of the molecule is C=Cc1n(C)cc[n+]1C.COS(=O)(=O)[O-]. The minimum atomic E-state index is -4.41. The zero-order valence-electron chi connectivity index (χ0n) is 8.87. The normalized spacial score (nSPS) is 10.4. The summed E-state index contributed by atoms with van der Waals surface area (Å²) in [6, 6.07) is 0. The van der Waals surface area contributed by atoms with Gasteiger partial charge in [-0.1, -0.05) is 6.58 Å². The van der Waals surface area contributed by atoms with Crippen molar-refractivity contribution >= 4 is 16.5 Å². The van der Waals surface area contributed by atoms with Gasteiger partial charge in [-0.15, -0.1) is 0 Å². The summed E-state index contributed by atoms with van der Waals surface area (Å²) in [6.45, 7) is 3.68. The molecule has 1 rings (SSSR count). The van der Waals surface area contributed by atoms with Crippen molar-refractivity contribution in [1.82, 2.24) is 4.57 Å². The molecule has 6 nitrogen and oxygen atoms in total. The Kier molecular flexibility index (Phi) is 5.20. The van der Waals surface area contributed by atoms with E-state index >= 15 is 0 Å². The van der Waals surface area contributed by atoms with Crippen LogP contribution in [-0.4, -0.2) is 24.6 Å². The van der Waals surface area contributed by atoms with Gasteiger partial charge in [0.25, 0.3) is 5.82 Å². The highest BCUT2D eigenvalue weighted by atomic mass is 32.3. The van der Waals surface area contributed by atoms with Crippen molar-refractivity contribution in [3.05, 3.63) is 24.8 Å². The first-order valence-electron chi connectivity index (χ1n) is 3.96. The highest BCUT2D eigenvalue weighted by Crippen LogP contribution is 1.90. The Labute approximate surface area is 89.4 Å². The first-order chi connectivity index (χ1) is 6.81. The molecule has 0 aliphatic carbocycles. The van der Waals surface area contributed by atoms with Crippen LogP contribution in [0.4, 0.5) is 0 Å². The molecule has 1 aromatic rings. The average molecular weight is 234 g/mol. The van der Waals surface area contributed by atoms with Crippen LogP contribution >= 0.6 is 0 Å². The van der Waals surface area contributed by atoms with Crippen LogP contribution in [0.5, 0.6) is 0 Å². The smallest absolute Gasteiger partial charge is 0.280 e. The molecule has 15 heavy (non-hydrogen) atoms. The molecule has 0 saturated heterocycles. The van der Waals surface area contributed by atoms with E-state index in [0.29, 0.717) is 0 Å². The zero-order chi connectivity index (χ0) is 12.1. The highest BCUT2D eigenvalue weighted by Gasteiger charge is 2.03. The molecule has 0 aliphatic heterocycles. The molecule has 7 heteroatoms. The zero-order valence-corrected chi connectivity index (χ0v) is 9.69. The van der Waals surface area contributed by atoms with Crippen LogP contribution in [0.25, 0.3) is 6.08 Å². The Bertz CT molecular complexity index is 402. The number of nitrogens with zero attached hydrogens (tertiary/aromatic N) is 2. The molecular weight excluding hydrogens is 220 g/mol. The van der Waals surface area contributed by atoms with E-state index in [1.54, 1.807) is 0 Å². The number of hydrogen-bond acceptors (Lipinski definition) is 4. The molecule has 0 aromatic carbocycles. The minimum absolute atomic E-state index is 0.808. The number of aryl methyl sites for hydroxylation is 2. The summed E-state index contributed by atoms with van der Waals surface area (Å²) < 4.78 is 35.1. The topological polar surface area (TPSA) is 75.2 Å². The lowest BCUT2D eigenvalue weighted by Gasteiger charge is -1.98. The van der Waals surface area contributed by atoms with Crippen LogP contribution in [0.3, 0.4) is 0 Å². The van der Waals surface area contributed by atoms with Crippen LogP contribution < -0.4 is 4.57 Å². The molecule has 0 fully saturated rings. The molecule has 0 saturated carbocycles. The molecule has 0 amide bonds. The van der Waals surface area contributed by atoms with Crippen molar-refractivity contribution in [2.24, 2.45) is 14.1 Å². The van der Waals surface area contributed by atoms with E-state index in [1.165, 1.54) is 0 Å². The maximum absolute atomic E-state index is 9.22. The van der Waals surface area contributed by atoms with Crippen LogP contribution in [0.15, 0.2) is 19.0 Å². The fourth-order valence-corrected chi connectivity index (χ4v) is 0.890. The predicted octanol–water partition coefficient (Wildman–Crippen LogP) is -0.414. The molecular formula is C8H14N2O4S. The van der Waals surface area contributed by atoms with Gasteiger partial charge >= 0.3 is 0 Å². The monoisotopic (exact) mass is 234 g/mol. The Morgan fingerprint density at radius 3 is 2.27 bits per heavy atom. The average Bonchev–Trinajstić information content (AvgIpc) is 2.46. The van der Waals surface area contributed by atoms with E-state index in [9.17, 15) is 13.0 Å². The van der Waals surface area contributed by atoms with Gasteiger partial charge in [0.2, 0.25) is 10.4 Å². The third-order valence-electron chi connectivity index (χ3n) is 1.62. The summed E-state index contributed by atoms with van der Waals surface area (Å²) in [5.41, 5.74) is 0. The largest absolute Gasteiger partial charge is 0.726 e. The standard InChI is InChI=1S/C7H11N2.CH4O4S/c1-4-7-8(2)5-6-9(7)3;1-5-6(2,3)4/h4-6H,1H2,2-3H3;1H3,(H,2,3,4)/q+1;/p-1. The third-order valence-corrected chi connectivity index (χ3v) is 2.03. The molecule has 0 atom stereocenters. The Morgan fingerprint density at radius 2 is 2.13 bits per heavy atom. The van der Waals surface area contributed by atoms with Crippen molar-refractivity contribution in [2.75, 3.05) is 7.11 Å². The van der Waals surface area contributed by atoms with E-state index in [4.69, 9.17) is 0 Å². The van der Waals surface area contributed by atoms with Gasteiger partial charge in [0, 0.05) is 6.08 Å². The van der Waals surface area contributed by atoms with Crippen molar-refractivity contribution in [3.63, 3.8) is 0 Å². The fourth-order valence-electron chi connectivity index (χ4n) is 0.890. The summed E-state index contributed by atoms with van der Waals surface area (Å²) in [4.78, 5) is 0. The van der Waals surface area contributed by atoms with Crippen LogP contribution in [0.2, 0.25) is 0 Å². The Morgan fingerprint density at radius 1 is 1.67 bits per heavy atom. The maximum atomic E-state index is 9.22. The molecule has 1 heterocycles. The lowest BCUT2D eigenvalue weighted by molar-refractivity contribution is -0.672. The number of hydrogen-bond donors (Lipinski definition) is 0. The molecule has 0 aliphatic rings. The van der Waals surface area contributed by atoms with Gasteiger partial charge in [0.05, 0.1) is 21.2 Å². The van der Waals surface area contributed by atoms with E-state index in [2.05, 4.69) is 10.8 Å². The predicted molar refractivity (Wildman–Crippen MR) is 53.4 cm³/mol.